The second kappa shape index (κ2) is 7.72. The molecule has 2 fully saturated rings. The van der Waals surface area contributed by atoms with Gasteiger partial charge in [-0.2, -0.15) is 0 Å². The lowest BCUT2D eigenvalue weighted by atomic mass is 9.66. The molecule has 0 atom stereocenters. The van der Waals surface area contributed by atoms with E-state index in [0.29, 0.717) is 0 Å². The van der Waals surface area contributed by atoms with E-state index in [4.69, 9.17) is 0 Å². The molecule has 3 rings (SSSR count). The average Bonchev–Trinajstić information content (AvgIpc) is 2.61. The van der Waals surface area contributed by atoms with Crippen molar-refractivity contribution < 1.29 is 4.79 Å². The van der Waals surface area contributed by atoms with E-state index in [2.05, 4.69) is 61.2 Å². The average molecular weight is 357 g/mol. The van der Waals surface area contributed by atoms with E-state index in [1.54, 1.807) is 6.92 Å². The number of hydrogen-bond donors (Lipinski definition) is 0. The van der Waals surface area contributed by atoms with Crippen LogP contribution >= 0.6 is 0 Å². The molecule has 0 aliphatic heterocycles. The number of benzene rings is 1. The Morgan fingerprint density at radius 3 is 2.12 bits per heavy atom. The van der Waals surface area contributed by atoms with E-state index in [0.717, 1.165) is 44.6 Å². The largest absolute Gasteiger partial charge is 0.337 e. The van der Waals surface area contributed by atoms with Crippen molar-refractivity contribution >= 4 is 5.91 Å². The zero-order valence-corrected chi connectivity index (χ0v) is 17.1. The molecule has 0 N–H and O–H groups in total. The Morgan fingerprint density at radius 1 is 1.08 bits per heavy atom. The summed E-state index contributed by atoms with van der Waals surface area (Å²) < 4.78 is 0. The molecular weight excluding hydrogens is 320 g/mol. The molecule has 0 heterocycles. The van der Waals surface area contributed by atoms with Crippen LogP contribution in [0, 0.1) is 5.92 Å². The van der Waals surface area contributed by atoms with Gasteiger partial charge in [0.1, 0.15) is 0 Å². The molecule has 0 bridgehead atoms. The van der Waals surface area contributed by atoms with Crippen molar-refractivity contribution in [1.82, 2.24) is 9.80 Å². The summed E-state index contributed by atoms with van der Waals surface area (Å²) in [4.78, 5) is 17.2. The standard InChI is InChI=1S/C23H36N2O/c1-5-22(25(19(2)26)18-20-10-9-11-20)14-16-23(17-15-22,24(3)4)21-12-7-6-8-13-21/h6-8,12-13,20H,5,9-11,14-18H2,1-4H3. The van der Waals surface area contributed by atoms with Gasteiger partial charge in [-0.15, -0.1) is 0 Å². The van der Waals surface area contributed by atoms with Gasteiger partial charge in [-0.05, 0) is 70.5 Å². The molecule has 2 aliphatic rings. The third-order valence-electron chi connectivity index (χ3n) is 7.45. The highest BCUT2D eigenvalue weighted by Gasteiger charge is 2.48. The van der Waals surface area contributed by atoms with Gasteiger partial charge in [-0.1, -0.05) is 43.7 Å². The molecule has 1 aromatic rings. The fraction of sp³-hybridized carbons (Fsp3) is 0.696. The van der Waals surface area contributed by atoms with Gasteiger partial charge in [0.15, 0.2) is 0 Å². The van der Waals surface area contributed by atoms with Gasteiger partial charge in [-0.25, -0.2) is 0 Å². The predicted octanol–water partition coefficient (Wildman–Crippen LogP) is 4.81. The number of carbonyl (C=O) groups is 1. The molecule has 0 saturated heterocycles. The van der Waals surface area contributed by atoms with Crippen molar-refractivity contribution in [2.24, 2.45) is 5.92 Å². The Morgan fingerprint density at radius 2 is 1.69 bits per heavy atom. The molecule has 0 aromatic heterocycles. The van der Waals surface area contributed by atoms with Crippen LogP contribution in [0.2, 0.25) is 0 Å². The summed E-state index contributed by atoms with van der Waals surface area (Å²) in [7, 11) is 4.42. The normalized spacial score (nSPS) is 29.4. The van der Waals surface area contributed by atoms with Crippen LogP contribution in [0.25, 0.3) is 0 Å². The topological polar surface area (TPSA) is 23.6 Å². The van der Waals surface area contributed by atoms with Crippen molar-refractivity contribution in [2.75, 3.05) is 20.6 Å². The third kappa shape index (κ3) is 3.43. The molecule has 0 radical (unpaired) electrons. The van der Waals surface area contributed by atoms with Gasteiger partial charge in [0, 0.05) is 24.5 Å². The zero-order chi connectivity index (χ0) is 18.8. The monoisotopic (exact) mass is 356 g/mol. The highest BCUT2D eigenvalue weighted by molar-refractivity contribution is 5.74. The SMILES string of the molecule is CCC1(N(CC2CCC2)C(C)=O)CCC(c2ccccc2)(N(C)C)CC1. The summed E-state index contributed by atoms with van der Waals surface area (Å²) in [6, 6.07) is 11.0. The highest BCUT2D eigenvalue weighted by atomic mass is 16.2. The number of carbonyl (C=O) groups excluding carboxylic acids is 1. The van der Waals surface area contributed by atoms with Crippen molar-refractivity contribution in [3.63, 3.8) is 0 Å². The molecule has 144 valence electrons. The smallest absolute Gasteiger partial charge is 0.219 e. The lowest BCUT2D eigenvalue weighted by Crippen LogP contribution is -2.58. The first kappa shape index (κ1) is 19.4. The van der Waals surface area contributed by atoms with Crippen LogP contribution in [0.5, 0.6) is 0 Å². The molecule has 2 aliphatic carbocycles. The van der Waals surface area contributed by atoms with Crippen molar-refractivity contribution in [1.29, 1.82) is 0 Å². The van der Waals surface area contributed by atoms with Gasteiger partial charge in [0.2, 0.25) is 5.91 Å². The fourth-order valence-corrected chi connectivity index (χ4v) is 5.28. The Kier molecular flexibility index (Phi) is 5.76. The third-order valence-corrected chi connectivity index (χ3v) is 7.45. The first-order valence-electron chi connectivity index (χ1n) is 10.4. The van der Waals surface area contributed by atoms with E-state index in [-0.39, 0.29) is 17.0 Å². The number of nitrogens with zero attached hydrogens (tertiary/aromatic N) is 2. The minimum absolute atomic E-state index is 0.0513. The molecular formula is C23H36N2O. The van der Waals surface area contributed by atoms with Crippen LogP contribution in [0.1, 0.15) is 70.8 Å². The van der Waals surface area contributed by atoms with E-state index >= 15 is 0 Å². The Bertz CT molecular complexity index is 598. The molecule has 1 aromatic carbocycles. The second-order valence-corrected chi connectivity index (χ2v) is 8.80. The Balaban J connectivity index is 1.83. The molecule has 2 saturated carbocycles. The minimum Gasteiger partial charge on any atom is -0.337 e. The number of rotatable bonds is 6. The van der Waals surface area contributed by atoms with Gasteiger partial charge in [-0.3, -0.25) is 9.69 Å². The Hall–Kier alpha value is -1.35. The van der Waals surface area contributed by atoms with Gasteiger partial charge >= 0.3 is 0 Å². The molecule has 3 heteroatoms. The van der Waals surface area contributed by atoms with Crippen LogP contribution in [0.4, 0.5) is 0 Å². The maximum absolute atomic E-state index is 12.6. The molecule has 1 amide bonds. The quantitative estimate of drug-likeness (QED) is 0.730. The first-order valence-corrected chi connectivity index (χ1v) is 10.4. The van der Waals surface area contributed by atoms with Crippen molar-refractivity contribution in [2.45, 2.75) is 76.3 Å². The minimum atomic E-state index is 0.0513. The van der Waals surface area contributed by atoms with Crippen LogP contribution < -0.4 is 0 Å². The molecule has 26 heavy (non-hydrogen) atoms. The summed E-state index contributed by atoms with van der Waals surface area (Å²) >= 11 is 0. The summed E-state index contributed by atoms with van der Waals surface area (Å²) in [5.74, 6) is 1.01. The lowest BCUT2D eigenvalue weighted by molar-refractivity contribution is -0.140. The van der Waals surface area contributed by atoms with E-state index in [1.165, 1.54) is 24.8 Å². The van der Waals surface area contributed by atoms with E-state index in [9.17, 15) is 4.79 Å². The van der Waals surface area contributed by atoms with Gasteiger partial charge in [0.25, 0.3) is 0 Å². The van der Waals surface area contributed by atoms with Crippen molar-refractivity contribution in [3.8, 4) is 0 Å². The fourth-order valence-electron chi connectivity index (χ4n) is 5.28. The molecule has 0 spiro atoms. The number of hydrogen-bond acceptors (Lipinski definition) is 2. The number of amides is 1. The second-order valence-electron chi connectivity index (χ2n) is 8.80. The van der Waals surface area contributed by atoms with Gasteiger partial charge in [0.05, 0.1) is 0 Å². The van der Waals surface area contributed by atoms with Crippen LogP contribution in [0.3, 0.4) is 0 Å². The summed E-state index contributed by atoms with van der Waals surface area (Å²) in [6.07, 6.45) is 9.44. The zero-order valence-electron chi connectivity index (χ0n) is 17.1. The van der Waals surface area contributed by atoms with Crippen molar-refractivity contribution in [3.05, 3.63) is 35.9 Å². The maximum Gasteiger partial charge on any atom is 0.219 e. The Labute approximate surface area is 159 Å². The predicted molar refractivity (Wildman–Crippen MR) is 108 cm³/mol. The summed E-state index contributed by atoms with van der Waals surface area (Å²) in [6.45, 7) is 5.03. The maximum atomic E-state index is 12.6. The highest BCUT2D eigenvalue weighted by Crippen LogP contribution is 2.48. The van der Waals surface area contributed by atoms with Crippen LogP contribution in [-0.2, 0) is 10.3 Å². The molecule has 3 nitrogen and oxygen atoms in total. The summed E-state index contributed by atoms with van der Waals surface area (Å²) in [5, 5.41) is 0. The summed E-state index contributed by atoms with van der Waals surface area (Å²) in [5.41, 5.74) is 1.57. The first-order chi connectivity index (χ1) is 12.4. The van der Waals surface area contributed by atoms with Gasteiger partial charge < -0.3 is 4.90 Å². The van der Waals surface area contributed by atoms with Crippen LogP contribution in [-0.4, -0.2) is 41.9 Å². The van der Waals surface area contributed by atoms with Crippen LogP contribution in [0.15, 0.2) is 30.3 Å². The molecule has 0 unspecified atom stereocenters. The van der Waals surface area contributed by atoms with E-state index < -0.39 is 0 Å². The lowest BCUT2D eigenvalue weighted by Gasteiger charge is -2.54. The van der Waals surface area contributed by atoms with E-state index in [1.807, 2.05) is 0 Å².